The predicted octanol–water partition coefficient (Wildman–Crippen LogP) is 1.69. The first-order chi connectivity index (χ1) is 12.0. The standard InChI is InChI=1S/C15H21N7O3/c1-3-6-9-13(22(24)25)12(19-18-9)15(23)16-10-7-5-8-21-14(10)17-11(4-2)20-21/h10H,3-8H2,1-2H3,(H,16,23)(H,18,19)/t10-/m1/s1. The van der Waals surface area contributed by atoms with Crippen LogP contribution in [0.4, 0.5) is 5.69 Å². The molecule has 3 heterocycles. The van der Waals surface area contributed by atoms with Crippen molar-refractivity contribution in [2.45, 2.75) is 58.5 Å². The van der Waals surface area contributed by atoms with E-state index in [-0.39, 0.29) is 17.4 Å². The molecule has 25 heavy (non-hydrogen) atoms. The number of nitro groups is 1. The molecule has 0 saturated carbocycles. The van der Waals surface area contributed by atoms with Crippen LogP contribution in [0.15, 0.2) is 0 Å². The van der Waals surface area contributed by atoms with E-state index in [2.05, 4.69) is 25.6 Å². The molecule has 2 N–H and O–H groups in total. The van der Waals surface area contributed by atoms with E-state index in [9.17, 15) is 14.9 Å². The first-order valence-corrected chi connectivity index (χ1v) is 8.51. The number of aromatic amines is 1. The molecule has 134 valence electrons. The van der Waals surface area contributed by atoms with E-state index >= 15 is 0 Å². The summed E-state index contributed by atoms with van der Waals surface area (Å²) in [7, 11) is 0. The lowest BCUT2D eigenvalue weighted by molar-refractivity contribution is -0.385. The fraction of sp³-hybridized carbons (Fsp3) is 0.600. The number of H-pyrrole nitrogens is 1. The number of fused-ring (bicyclic) bond motifs is 1. The minimum Gasteiger partial charge on any atom is -0.340 e. The molecular weight excluding hydrogens is 326 g/mol. The molecular formula is C15H21N7O3. The monoisotopic (exact) mass is 347 g/mol. The number of rotatable bonds is 6. The Hall–Kier alpha value is -2.78. The van der Waals surface area contributed by atoms with Gasteiger partial charge < -0.3 is 5.32 Å². The molecule has 0 unspecified atom stereocenters. The molecule has 0 aromatic carbocycles. The van der Waals surface area contributed by atoms with Gasteiger partial charge in [0.15, 0.2) is 5.82 Å². The Bertz CT molecular complexity index is 795. The molecule has 2 aromatic rings. The third-order valence-electron chi connectivity index (χ3n) is 4.25. The zero-order chi connectivity index (χ0) is 18.0. The highest BCUT2D eigenvalue weighted by Gasteiger charge is 2.32. The lowest BCUT2D eigenvalue weighted by atomic mass is 10.1. The zero-order valence-electron chi connectivity index (χ0n) is 14.3. The lowest BCUT2D eigenvalue weighted by Crippen LogP contribution is -2.33. The Morgan fingerprint density at radius 3 is 2.96 bits per heavy atom. The Kier molecular flexibility index (Phi) is 4.77. The Balaban J connectivity index is 1.84. The summed E-state index contributed by atoms with van der Waals surface area (Å²) in [6.07, 6.45) is 3.47. The van der Waals surface area contributed by atoms with Crippen LogP contribution in [0.25, 0.3) is 0 Å². The SMILES string of the molecule is CCCc1[nH]nc(C(=O)N[C@@H]2CCCn3nc(CC)nc32)c1[N+](=O)[O-]. The third kappa shape index (κ3) is 3.24. The summed E-state index contributed by atoms with van der Waals surface area (Å²) >= 11 is 0. The number of nitrogens with one attached hydrogen (secondary N) is 2. The molecule has 0 radical (unpaired) electrons. The van der Waals surface area contributed by atoms with Gasteiger partial charge in [0.05, 0.1) is 11.0 Å². The molecule has 0 bridgehead atoms. The van der Waals surface area contributed by atoms with Crippen molar-refractivity contribution in [1.82, 2.24) is 30.3 Å². The van der Waals surface area contributed by atoms with Gasteiger partial charge in [0.2, 0.25) is 5.69 Å². The normalized spacial score (nSPS) is 16.5. The molecule has 0 spiro atoms. The highest BCUT2D eigenvalue weighted by atomic mass is 16.6. The number of aryl methyl sites for hydroxylation is 3. The van der Waals surface area contributed by atoms with Crippen LogP contribution in [-0.4, -0.2) is 35.8 Å². The van der Waals surface area contributed by atoms with Crippen molar-refractivity contribution in [3.8, 4) is 0 Å². The van der Waals surface area contributed by atoms with Gasteiger partial charge in [-0.3, -0.25) is 20.0 Å². The summed E-state index contributed by atoms with van der Waals surface area (Å²) < 4.78 is 1.80. The van der Waals surface area contributed by atoms with Crippen LogP contribution in [0.1, 0.15) is 67.0 Å². The highest BCUT2D eigenvalue weighted by molar-refractivity contribution is 5.96. The molecule has 10 nitrogen and oxygen atoms in total. The zero-order valence-corrected chi connectivity index (χ0v) is 14.3. The van der Waals surface area contributed by atoms with Crippen LogP contribution in [0.3, 0.4) is 0 Å². The number of hydrogen-bond acceptors (Lipinski definition) is 6. The van der Waals surface area contributed by atoms with Crippen molar-refractivity contribution in [3.63, 3.8) is 0 Å². The summed E-state index contributed by atoms with van der Waals surface area (Å²) in [6, 6.07) is -0.319. The van der Waals surface area contributed by atoms with Crippen molar-refractivity contribution in [2.24, 2.45) is 0 Å². The van der Waals surface area contributed by atoms with Gasteiger partial charge in [0, 0.05) is 13.0 Å². The summed E-state index contributed by atoms with van der Waals surface area (Å²) in [5.41, 5.74) is -0.0515. The molecule has 1 aliphatic rings. The first-order valence-electron chi connectivity index (χ1n) is 8.51. The Morgan fingerprint density at radius 2 is 2.28 bits per heavy atom. The Morgan fingerprint density at radius 1 is 1.48 bits per heavy atom. The van der Waals surface area contributed by atoms with E-state index < -0.39 is 10.8 Å². The number of carbonyl (C=O) groups excluding carboxylic acids is 1. The predicted molar refractivity (Wildman–Crippen MR) is 88.1 cm³/mol. The quantitative estimate of drug-likeness (QED) is 0.603. The van der Waals surface area contributed by atoms with Crippen molar-refractivity contribution >= 4 is 11.6 Å². The molecule has 1 atom stereocenters. The number of hydrogen-bond donors (Lipinski definition) is 2. The van der Waals surface area contributed by atoms with Gasteiger partial charge in [0.1, 0.15) is 11.5 Å². The van der Waals surface area contributed by atoms with Crippen molar-refractivity contribution in [3.05, 3.63) is 33.2 Å². The van der Waals surface area contributed by atoms with Gasteiger partial charge in [0.25, 0.3) is 5.91 Å². The van der Waals surface area contributed by atoms with E-state index in [0.29, 0.717) is 30.8 Å². The van der Waals surface area contributed by atoms with Gasteiger partial charge in [-0.15, -0.1) is 0 Å². The summed E-state index contributed by atoms with van der Waals surface area (Å²) in [5, 5.41) is 25.1. The molecule has 3 rings (SSSR count). The highest BCUT2D eigenvalue weighted by Crippen LogP contribution is 2.26. The van der Waals surface area contributed by atoms with Gasteiger partial charge in [-0.1, -0.05) is 20.3 Å². The molecule has 0 fully saturated rings. The number of amides is 1. The van der Waals surface area contributed by atoms with Crippen LogP contribution >= 0.6 is 0 Å². The topological polar surface area (TPSA) is 132 Å². The molecule has 1 aliphatic heterocycles. The maximum atomic E-state index is 12.6. The molecule has 1 amide bonds. The largest absolute Gasteiger partial charge is 0.340 e. The van der Waals surface area contributed by atoms with Crippen LogP contribution < -0.4 is 5.32 Å². The summed E-state index contributed by atoms with van der Waals surface area (Å²) in [5.74, 6) is 0.861. The van der Waals surface area contributed by atoms with Crippen molar-refractivity contribution in [1.29, 1.82) is 0 Å². The van der Waals surface area contributed by atoms with Gasteiger partial charge in [-0.05, 0) is 19.3 Å². The molecule has 10 heteroatoms. The second-order valence-electron chi connectivity index (χ2n) is 6.04. The van der Waals surface area contributed by atoms with Crippen molar-refractivity contribution < 1.29 is 9.72 Å². The second kappa shape index (κ2) is 6.99. The fourth-order valence-electron chi connectivity index (χ4n) is 3.06. The van der Waals surface area contributed by atoms with E-state index in [4.69, 9.17) is 0 Å². The molecule has 0 aliphatic carbocycles. The van der Waals surface area contributed by atoms with Crippen LogP contribution in [0.2, 0.25) is 0 Å². The average Bonchev–Trinajstić information content (AvgIpc) is 3.19. The summed E-state index contributed by atoms with van der Waals surface area (Å²) in [4.78, 5) is 27.9. The molecule has 0 saturated heterocycles. The van der Waals surface area contributed by atoms with Crippen LogP contribution in [0, 0.1) is 10.1 Å². The number of aromatic nitrogens is 5. The summed E-state index contributed by atoms with van der Waals surface area (Å²) in [6.45, 7) is 4.64. The smallest absolute Gasteiger partial charge is 0.322 e. The van der Waals surface area contributed by atoms with Gasteiger partial charge in [-0.2, -0.15) is 10.2 Å². The third-order valence-corrected chi connectivity index (χ3v) is 4.25. The minimum atomic E-state index is -0.565. The van der Waals surface area contributed by atoms with E-state index in [0.717, 1.165) is 25.2 Å². The number of carbonyl (C=O) groups is 1. The van der Waals surface area contributed by atoms with E-state index in [1.54, 1.807) is 4.68 Å². The average molecular weight is 347 g/mol. The van der Waals surface area contributed by atoms with Crippen LogP contribution in [0.5, 0.6) is 0 Å². The van der Waals surface area contributed by atoms with Gasteiger partial charge >= 0.3 is 5.69 Å². The molecule has 2 aromatic heterocycles. The minimum absolute atomic E-state index is 0.180. The lowest BCUT2D eigenvalue weighted by Gasteiger charge is -2.22. The fourth-order valence-corrected chi connectivity index (χ4v) is 3.06. The second-order valence-corrected chi connectivity index (χ2v) is 6.04. The van der Waals surface area contributed by atoms with Crippen molar-refractivity contribution in [2.75, 3.05) is 0 Å². The van der Waals surface area contributed by atoms with Gasteiger partial charge in [-0.25, -0.2) is 9.67 Å². The maximum Gasteiger partial charge on any atom is 0.322 e. The Labute approximate surface area is 144 Å². The van der Waals surface area contributed by atoms with Crippen LogP contribution in [-0.2, 0) is 19.4 Å². The number of nitrogens with zero attached hydrogens (tertiary/aromatic N) is 5. The van der Waals surface area contributed by atoms with E-state index in [1.165, 1.54) is 0 Å². The first kappa shape index (κ1) is 17.1. The maximum absolute atomic E-state index is 12.6. The van der Waals surface area contributed by atoms with E-state index in [1.807, 2.05) is 13.8 Å².